The summed E-state index contributed by atoms with van der Waals surface area (Å²) >= 11 is 2.88. The van der Waals surface area contributed by atoms with Crippen LogP contribution in [0.15, 0.2) is 34.8 Å². The zero-order chi connectivity index (χ0) is 19.6. The number of nitrogens with one attached hydrogen (secondary N) is 1. The van der Waals surface area contributed by atoms with Crippen molar-refractivity contribution < 1.29 is 22.8 Å². The summed E-state index contributed by atoms with van der Waals surface area (Å²) in [4.78, 5) is 27.3. The number of likely N-dealkylation sites (tertiary alicyclic amines) is 1. The van der Waals surface area contributed by atoms with Crippen molar-refractivity contribution in [3.63, 3.8) is 0 Å². The van der Waals surface area contributed by atoms with Crippen molar-refractivity contribution in [2.75, 3.05) is 18.4 Å². The van der Waals surface area contributed by atoms with Gasteiger partial charge in [0.1, 0.15) is 0 Å². The number of hydrogen-bond acceptors (Lipinski definition) is 2. The Hall–Kier alpha value is -1.83. The number of anilines is 1. The number of benzene rings is 1. The Morgan fingerprint density at radius 3 is 2.33 bits per heavy atom. The van der Waals surface area contributed by atoms with Crippen LogP contribution in [-0.4, -0.2) is 29.8 Å². The van der Waals surface area contributed by atoms with Gasteiger partial charge in [-0.2, -0.15) is 13.2 Å². The predicted octanol–water partition coefficient (Wildman–Crippen LogP) is 4.61. The van der Waals surface area contributed by atoms with Crippen LogP contribution in [0.1, 0.15) is 31.2 Å². The quantitative estimate of drug-likeness (QED) is 0.691. The van der Waals surface area contributed by atoms with E-state index in [4.69, 9.17) is 0 Å². The summed E-state index contributed by atoms with van der Waals surface area (Å²) in [5.41, 5.74) is -0.786. The van der Waals surface area contributed by atoms with Crippen molar-refractivity contribution in [2.24, 2.45) is 11.8 Å². The van der Waals surface area contributed by atoms with E-state index < -0.39 is 29.5 Å². The monoisotopic (exact) mass is 444 g/mol. The SMILES string of the molecule is O=C(Nc1ccc(Br)c(C(F)(F)F)c1)[C@H]1CC=CC[C@@H]1C(=O)N1CCCC1. The first-order chi connectivity index (χ1) is 12.8. The van der Waals surface area contributed by atoms with E-state index in [-0.39, 0.29) is 16.1 Å². The molecule has 146 valence electrons. The van der Waals surface area contributed by atoms with Gasteiger partial charge in [0.15, 0.2) is 0 Å². The molecule has 1 aromatic carbocycles. The molecule has 1 aromatic rings. The van der Waals surface area contributed by atoms with Gasteiger partial charge in [0.2, 0.25) is 11.8 Å². The molecule has 1 aliphatic heterocycles. The second-order valence-corrected chi connectivity index (χ2v) is 7.72. The van der Waals surface area contributed by atoms with E-state index in [0.29, 0.717) is 25.9 Å². The van der Waals surface area contributed by atoms with Gasteiger partial charge in [0.25, 0.3) is 0 Å². The lowest BCUT2D eigenvalue weighted by molar-refractivity contribution is -0.139. The first-order valence-electron chi connectivity index (χ1n) is 8.89. The molecule has 27 heavy (non-hydrogen) atoms. The number of hydrogen-bond donors (Lipinski definition) is 1. The van der Waals surface area contributed by atoms with Crippen LogP contribution in [0.4, 0.5) is 18.9 Å². The molecule has 8 heteroatoms. The number of carbonyl (C=O) groups excluding carboxylic acids is 2. The Morgan fingerprint density at radius 1 is 1.07 bits per heavy atom. The van der Waals surface area contributed by atoms with Gasteiger partial charge in [-0.05, 0) is 43.9 Å². The third-order valence-corrected chi connectivity index (χ3v) is 5.73. The fraction of sp³-hybridized carbons (Fsp3) is 0.474. The van der Waals surface area contributed by atoms with Gasteiger partial charge in [-0.15, -0.1) is 0 Å². The molecule has 0 aromatic heterocycles. The van der Waals surface area contributed by atoms with Crippen molar-refractivity contribution in [3.05, 3.63) is 40.4 Å². The van der Waals surface area contributed by atoms with E-state index >= 15 is 0 Å². The van der Waals surface area contributed by atoms with E-state index in [9.17, 15) is 22.8 Å². The van der Waals surface area contributed by atoms with Gasteiger partial charge in [0.05, 0.1) is 17.4 Å². The van der Waals surface area contributed by atoms with Crippen molar-refractivity contribution in [2.45, 2.75) is 31.9 Å². The van der Waals surface area contributed by atoms with Crippen molar-refractivity contribution in [3.8, 4) is 0 Å². The summed E-state index contributed by atoms with van der Waals surface area (Å²) in [6.07, 6.45) is 2.01. The number of carbonyl (C=O) groups is 2. The van der Waals surface area contributed by atoms with Crippen molar-refractivity contribution in [1.29, 1.82) is 0 Å². The molecule has 2 aliphatic rings. The van der Waals surface area contributed by atoms with Crippen molar-refractivity contribution in [1.82, 2.24) is 4.90 Å². The topological polar surface area (TPSA) is 49.4 Å². The maximum Gasteiger partial charge on any atom is 0.417 e. The second-order valence-electron chi connectivity index (χ2n) is 6.87. The van der Waals surface area contributed by atoms with E-state index in [2.05, 4.69) is 21.2 Å². The molecule has 1 saturated heterocycles. The minimum Gasteiger partial charge on any atom is -0.342 e. The van der Waals surface area contributed by atoms with Crippen LogP contribution in [0.25, 0.3) is 0 Å². The van der Waals surface area contributed by atoms with Gasteiger partial charge >= 0.3 is 6.18 Å². The van der Waals surface area contributed by atoms with E-state index in [1.165, 1.54) is 12.1 Å². The molecular weight excluding hydrogens is 425 g/mol. The fourth-order valence-corrected chi connectivity index (χ4v) is 4.08. The molecule has 0 spiro atoms. The Labute approximate surface area is 163 Å². The van der Waals surface area contributed by atoms with Crippen LogP contribution in [0, 0.1) is 11.8 Å². The first kappa shape index (κ1) is 19.9. The number of halogens is 4. The smallest absolute Gasteiger partial charge is 0.342 e. The Balaban J connectivity index is 1.76. The second kappa shape index (κ2) is 8.04. The first-order valence-corrected chi connectivity index (χ1v) is 9.68. The van der Waals surface area contributed by atoms with Gasteiger partial charge in [-0.25, -0.2) is 0 Å². The van der Waals surface area contributed by atoms with E-state index in [0.717, 1.165) is 18.9 Å². The van der Waals surface area contributed by atoms with Crippen molar-refractivity contribution >= 4 is 33.4 Å². The molecule has 1 heterocycles. The average molecular weight is 445 g/mol. The molecule has 2 atom stereocenters. The molecule has 1 N–H and O–H groups in total. The van der Waals surface area contributed by atoms with Crippen LogP contribution < -0.4 is 5.32 Å². The van der Waals surface area contributed by atoms with Gasteiger partial charge < -0.3 is 10.2 Å². The van der Waals surface area contributed by atoms with Crippen LogP contribution in [0.2, 0.25) is 0 Å². The van der Waals surface area contributed by atoms with Crippen LogP contribution in [0.3, 0.4) is 0 Å². The lowest BCUT2D eigenvalue weighted by Gasteiger charge is -2.30. The van der Waals surface area contributed by atoms with E-state index in [1.807, 2.05) is 12.2 Å². The van der Waals surface area contributed by atoms with Gasteiger partial charge in [-0.3, -0.25) is 9.59 Å². The fourth-order valence-electron chi connectivity index (χ4n) is 3.60. The molecule has 2 amide bonds. The number of amides is 2. The number of alkyl halides is 3. The predicted molar refractivity (Wildman–Crippen MR) is 98.9 cm³/mol. The molecule has 1 aliphatic carbocycles. The largest absolute Gasteiger partial charge is 0.417 e. The Bertz CT molecular complexity index is 758. The molecule has 0 saturated carbocycles. The summed E-state index contributed by atoms with van der Waals surface area (Å²) in [7, 11) is 0. The highest BCUT2D eigenvalue weighted by atomic mass is 79.9. The maximum atomic E-state index is 13.1. The molecule has 0 unspecified atom stereocenters. The van der Waals surface area contributed by atoms with Gasteiger partial charge in [-0.1, -0.05) is 28.1 Å². The minimum absolute atomic E-state index is 0.0382. The zero-order valence-corrected chi connectivity index (χ0v) is 16.1. The van der Waals surface area contributed by atoms with E-state index in [1.54, 1.807) is 4.90 Å². The summed E-state index contributed by atoms with van der Waals surface area (Å²) in [5.74, 6) is -1.51. The lowest BCUT2D eigenvalue weighted by Crippen LogP contribution is -2.42. The number of allylic oxidation sites excluding steroid dienone is 2. The summed E-state index contributed by atoms with van der Waals surface area (Å²) < 4.78 is 39.1. The third kappa shape index (κ3) is 4.54. The highest BCUT2D eigenvalue weighted by Crippen LogP contribution is 2.37. The maximum absolute atomic E-state index is 13.1. The third-order valence-electron chi connectivity index (χ3n) is 5.04. The Kier molecular flexibility index (Phi) is 5.93. The highest BCUT2D eigenvalue weighted by Gasteiger charge is 2.37. The standard InChI is InChI=1S/C19H20BrF3N2O2/c20-16-8-7-12(11-15(16)19(21,22)23)24-17(26)13-5-1-2-6-14(13)18(27)25-9-3-4-10-25/h1-2,7-8,11,13-14H,3-6,9-10H2,(H,24,26)/t13-,14-/m0/s1. The normalized spacial score (nSPS) is 22.7. The van der Waals surface area contributed by atoms with Crippen LogP contribution >= 0.6 is 15.9 Å². The summed E-state index contributed by atoms with van der Waals surface area (Å²) in [5, 5.41) is 2.56. The summed E-state index contributed by atoms with van der Waals surface area (Å²) in [6, 6.07) is 3.57. The lowest BCUT2D eigenvalue weighted by atomic mass is 9.81. The average Bonchev–Trinajstić information content (AvgIpc) is 3.16. The molecular formula is C19H20BrF3N2O2. The molecule has 1 fully saturated rings. The number of nitrogens with zero attached hydrogens (tertiary/aromatic N) is 1. The summed E-state index contributed by atoms with van der Waals surface area (Å²) in [6.45, 7) is 1.41. The van der Waals surface area contributed by atoms with Crippen LogP contribution in [0.5, 0.6) is 0 Å². The number of rotatable bonds is 3. The molecule has 0 bridgehead atoms. The highest BCUT2D eigenvalue weighted by molar-refractivity contribution is 9.10. The minimum atomic E-state index is -4.53. The van der Waals surface area contributed by atoms with Crippen LogP contribution in [-0.2, 0) is 15.8 Å². The molecule has 3 rings (SSSR count). The van der Waals surface area contributed by atoms with Gasteiger partial charge in [0, 0.05) is 23.2 Å². The molecule has 4 nitrogen and oxygen atoms in total. The Morgan fingerprint density at radius 2 is 1.70 bits per heavy atom. The molecule has 0 radical (unpaired) electrons. The zero-order valence-electron chi connectivity index (χ0n) is 14.6.